The van der Waals surface area contributed by atoms with E-state index in [1.807, 2.05) is 25.1 Å². The van der Waals surface area contributed by atoms with Crippen molar-refractivity contribution in [2.24, 2.45) is 0 Å². The van der Waals surface area contributed by atoms with Gasteiger partial charge in [0.2, 0.25) is 0 Å². The van der Waals surface area contributed by atoms with Crippen molar-refractivity contribution in [3.63, 3.8) is 0 Å². The van der Waals surface area contributed by atoms with E-state index in [2.05, 4.69) is 4.98 Å². The van der Waals surface area contributed by atoms with Crippen molar-refractivity contribution in [1.82, 2.24) is 9.55 Å². The summed E-state index contributed by atoms with van der Waals surface area (Å²) in [6, 6.07) is 12.3. The lowest BCUT2D eigenvalue weighted by molar-refractivity contribution is -0.139. The van der Waals surface area contributed by atoms with Crippen LogP contribution in [0.15, 0.2) is 63.5 Å². The molecule has 0 aliphatic rings. The van der Waals surface area contributed by atoms with Crippen LogP contribution >= 0.6 is 11.3 Å². The van der Waals surface area contributed by atoms with Gasteiger partial charge in [-0.1, -0.05) is 36.4 Å². The Balaban J connectivity index is 1.99. The molecule has 0 radical (unpaired) electrons. The number of hydrogen-bond acceptors (Lipinski definition) is 5. The first-order valence-electron chi connectivity index (χ1n) is 9.11. The molecule has 7 nitrogen and oxygen atoms in total. The highest BCUT2D eigenvalue weighted by molar-refractivity contribution is 7.17. The zero-order valence-electron chi connectivity index (χ0n) is 16.2. The van der Waals surface area contributed by atoms with Gasteiger partial charge in [-0.2, -0.15) is 0 Å². The number of carbonyl (C=O) groups is 1. The van der Waals surface area contributed by atoms with E-state index in [4.69, 9.17) is 4.74 Å². The van der Waals surface area contributed by atoms with Crippen LogP contribution in [0.1, 0.15) is 17.2 Å². The maximum absolute atomic E-state index is 13.4. The molecule has 2 aromatic carbocycles. The van der Waals surface area contributed by atoms with Crippen LogP contribution < -0.4 is 16.0 Å². The van der Waals surface area contributed by atoms with E-state index in [0.29, 0.717) is 16.0 Å². The molecule has 1 atom stereocenters. The topological polar surface area (TPSA) is 101 Å². The number of H-pyrrole nitrogens is 1. The highest BCUT2D eigenvalue weighted by atomic mass is 32.1. The number of carboxylic acid groups (broad SMARTS) is 1. The third-order valence-electron chi connectivity index (χ3n) is 4.98. The van der Waals surface area contributed by atoms with Gasteiger partial charge in [0, 0.05) is 10.9 Å². The number of ether oxygens (including phenoxy) is 1. The van der Waals surface area contributed by atoms with Gasteiger partial charge in [-0.05, 0) is 35.7 Å². The number of nitrogens with zero attached hydrogens (tertiary/aromatic N) is 1. The lowest BCUT2D eigenvalue weighted by Crippen LogP contribution is -2.41. The highest BCUT2D eigenvalue weighted by Gasteiger charge is 2.27. The van der Waals surface area contributed by atoms with Gasteiger partial charge in [0.15, 0.2) is 6.04 Å². The third-order valence-corrected chi connectivity index (χ3v) is 5.87. The number of methoxy groups -OCH3 is 1. The van der Waals surface area contributed by atoms with Gasteiger partial charge in [-0.15, -0.1) is 11.3 Å². The van der Waals surface area contributed by atoms with E-state index in [1.54, 1.807) is 42.8 Å². The molecule has 2 heterocycles. The lowest BCUT2D eigenvalue weighted by atomic mass is 10.0. The quantitative estimate of drug-likeness (QED) is 0.513. The fourth-order valence-electron chi connectivity index (χ4n) is 3.56. The van der Waals surface area contributed by atoms with Gasteiger partial charge in [0.05, 0.1) is 12.5 Å². The number of rotatable bonds is 5. The van der Waals surface area contributed by atoms with E-state index in [9.17, 15) is 19.5 Å². The molecule has 0 fully saturated rings. The van der Waals surface area contributed by atoms with Gasteiger partial charge in [-0.25, -0.2) is 14.2 Å². The number of carboxylic acids is 1. The summed E-state index contributed by atoms with van der Waals surface area (Å²) in [5, 5.41) is 11.9. The molecule has 8 heteroatoms. The zero-order valence-corrected chi connectivity index (χ0v) is 17.0. The van der Waals surface area contributed by atoms with E-state index in [0.717, 1.165) is 21.4 Å². The molecule has 0 saturated heterocycles. The predicted octanol–water partition coefficient (Wildman–Crippen LogP) is 3.41. The number of aromatic nitrogens is 2. The number of aryl methyl sites for hydroxylation is 1. The molecule has 4 aromatic rings. The summed E-state index contributed by atoms with van der Waals surface area (Å²) in [5.74, 6) is -0.565. The van der Waals surface area contributed by atoms with Crippen LogP contribution in [0.25, 0.3) is 21.3 Å². The van der Waals surface area contributed by atoms with Crippen LogP contribution in [0.3, 0.4) is 0 Å². The molecule has 152 valence electrons. The fraction of sp³-hybridized carbons (Fsp3) is 0.136. The van der Waals surface area contributed by atoms with Crippen molar-refractivity contribution < 1.29 is 14.6 Å². The second-order valence-corrected chi connectivity index (χ2v) is 7.67. The second kappa shape index (κ2) is 7.64. The smallest absolute Gasteiger partial charge is 0.331 e. The average molecular weight is 422 g/mol. The standard InChI is InChI=1S/C22H18N2O5S/c1-12-10-14(8-9-16(12)29-2)15-11-30-19-17(15)20(25)24(22(28)23-19)18(21(26)27)13-6-4-3-5-7-13/h3-11,18H,1-2H3,(H,23,28)(H,26,27). The maximum atomic E-state index is 13.4. The summed E-state index contributed by atoms with van der Waals surface area (Å²) in [6.45, 7) is 1.90. The fourth-order valence-corrected chi connectivity index (χ4v) is 4.51. The third kappa shape index (κ3) is 3.21. The van der Waals surface area contributed by atoms with Gasteiger partial charge >= 0.3 is 11.7 Å². The normalized spacial score (nSPS) is 12.1. The first-order chi connectivity index (χ1) is 14.4. The minimum absolute atomic E-state index is 0.284. The molecular formula is C22H18N2O5S. The van der Waals surface area contributed by atoms with E-state index < -0.39 is 23.3 Å². The van der Waals surface area contributed by atoms with Crippen LogP contribution in [0.5, 0.6) is 5.75 Å². The predicted molar refractivity (Wildman–Crippen MR) is 116 cm³/mol. The number of benzene rings is 2. The lowest BCUT2D eigenvalue weighted by Gasteiger charge is -2.15. The van der Waals surface area contributed by atoms with E-state index >= 15 is 0 Å². The zero-order chi connectivity index (χ0) is 21.4. The summed E-state index contributed by atoms with van der Waals surface area (Å²) < 4.78 is 6.06. The van der Waals surface area contributed by atoms with Crippen molar-refractivity contribution >= 4 is 27.5 Å². The van der Waals surface area contributed by atoms with Crippen molar-refractivity contribution in [3.05, 3.63) is 85.9 Å². The monoisotopic (exact) mass is 422 g/mol. The van der Waals surface area contributed by atoms with Gasteiger partial charge in [0.25, 0.3) is 5.56 Å². The van der Waals surface area contributed by atoms with Crippen molar-refractivity contribution in [2.75, 3.05) is 7.11 Å². The van der Waals surface area contributed by atoms with Crippen LogP contribution in [-0.4, -0.2) is 27.7 Å². The molecule has 4 rings (SSSR count). The number of hydrogen-bond donors (Lipinski definition) is 2. The Morgan fingerprint density at radius 1 is 1.17 bits per heavy atom. The molecule has 0 aliphatic carbocycles. The number of nitrogens with one attached hydrogen (secondary N) is 1. The average Bonchev–Trinajstić information content (AvgIpc) is 3.15. The Morgan fingerprint density at radius 2 is 1.90 bits per heavy atom. The highest BCUT2D eigenvalue weighted by Crippen LogP contribution is 2.33. The first-order valence-corrected chi connectivity index (χ1v) is 9.99. The van der Waals surface area contributed by atoms with Crippen LogP contribution in [0.2, 0.25) is 0 Å². The second-order valence-electron chi connectivity index (χ2n) is 6.79. The molecule has 0 saturated carbocycles. The van der Waals surface area contributed by atoms with Gasteiger partial charge in [0.1, 0.15) is 10.6 Å². The molecule has 2 aromatic heterocycles. The number of fused-ring (bicyclic) bond motifs is 1. The minimum Gasteiger partial charge on any atom is -0.496 e. The number of aromatic amines is 1. The summed E-state index contributed by atoms with van der Waals surface area (Å²) in [6.07, 6.45) is 0. The molecule has 0 bridgehead atoms. The van der Waals surface area contributed by atoms with Gasteiger partial charge in [-0.3, -0.25) is 9.78 Å². The van der Waals surface area contributed by atoms with E-state index in [1.165, 1.54) is 11.3 Å². The van der Waals surface area contributed by atoms with Gasteiger partial charge < -0.3 is 9.84 Å². The Kier molecular flexibility index (Phi) is 5.01. The molecule has 0 aliphatic heterocycles. The summed E-state index contributed by atoms with van der Waals surface area (Å²) >= 11 is 1.23. The minimum atomic E-state index is -1.43. The summed E-state index contributed by atoms with van der Waals surface area (Å²) in [7, 11) is 1.58. The summed E-state index contributed by atoms with van der Waals surface area (Å²) in [5.41, 5.74) is 1.24. The molecule has 2 N–H and O–H groups in total. The Labute approximate surface area is 174 Å². The van der Waals surface area contributed by atoms with Crippen molar-refractivity contribution in [1.29, 1.82) is 0 Å². The maximum Gasteiger partial charge on any atom is 0.331 e. The molecule has 0 spiro atoms. The Hall–Kier alpha value is -3.65. The Bertz CT molecular complexity index is 1370. The molecule has 1 unspecified atom stereocenters. The van der Waals surface area contributed by atoms with E-state index in [-0.39, 0.29) is 5.39 Å². The Morgan fingerprint density at radius 3 is 2.53 bits per heavy atom. The molecule has 30 heavy (non-hydrogen) atoms. The first kappa shape index (κ1) is 19.7. The van der Waals surface area contributed by atoms with Crippen molar-refractivity contribution in [2.45, 2.75) is 13.0 Å². The number of aliphatic carboxylic acids is 1. The largest absolute Gasteiger partial charge is 0.496 e. The number of thiophene rings is 1. The van der Waals surface area contributed by atoms with Crippen LogP contribution in [0, 0.1) is 6.92 Å². The van der Waals surface area contributed by atoms with Crippen molar-refractivity contribution in [3.8, 4) is 16.9 Å². The summed E-state index contributed by atoms with van der Waals surface area (Å²) in [4.78, 5) is 41.2. The molecule has 0 amide bonds. The van der Waals surface area contributed by atoms with Crippen LogP contribution in [-0.2, 0) is 4.79 Å². The SMILES string of the molecule is COc1ccc(-c2csc3[nH]c(=O)n(C(C(=O)O)c4ccccc4)c(=O)c23)cc1C. The molecular weight excluding hydrogens is 404 g/mol. The van der Waals surface area contributed by atoms with Crippen LogP contribution in [0.4, 0.5) is 0 Å².